The Balaban J connectivity index is 0.000000156. The van der Waals surface area contributed by atoms with Gasteiger partial charge in [-0.15, -0.1) is 0 Å². The molecule has 15 heteroatoms. The molecule has 0 atom stereocenters. The summed E-state index contributed by atoms with van der Waals surface area (Å²) in [6.07, 6.45) is 0. The summed E-state index contributed by atoms with van der Waals surface area (Å²) in [6, 6.07) is 51.9. The van der Waals surface area contributed by atoms with Gasteiger partial charge in [-0.1, -0.05) is 126 Å². The first-order chi connectivity index (χ1) is 30.2. The van der Waals surface area contributed by atoms with Crippen molar-refractivity contribution in [3.63, 3.8) is 0 Å². The number of fused-ring (bicyclic) bond motifs is 4. The highest BCUT2D eigenvalue weighted by Gasteiger charge is 2.53. The van der Waals surface area contributed by atoms with E-state index in [2.05, 4.69) is 12.1 Å². The van der Waals surface area contributed by atoms with Gasteiger partial charge in [-0.3, -0.25) is 0 Å². The van der Waals surface area contributed by atoms with Gasteiger partial charge in [-0.25, -0.2) is 30.1 Å². The van der Waals surface area contributed by atoms with Crippen molar-refractivity contribution in [3.8, 4) is 46.0 Å². The van der Waals surface area contributed by atoms with Crippen LogP contribution in [-0.4, -0.2) is 36.4 Å². The van der Waals surface area contributed by atoms with Gasteiger partial charge in [0.05, 0.1) is 26.7 Å². The minimum atomic E-state index is -1.72. The zero-order chi connectivity index (χ0) is 44.7. The fourth-order valence-electron chi connectivity index (χ4n) is 6.94. The van der Waals surface area contributed by atoms with Crippen LogP contribution in [0.2, 0.25) is 15.1 Å². The smallest absolute Gasteiger partial charge is 0.458 e. The highest BCUT2D eigenvalue weighted by molar-refractivity contribution is 7.54. The van der Waals surface area contributed by atoms with Crippen molar-refractivity contribution in [2.24, 2.45) is 0 Å². The van der Waals surface area contributed by atoms with E-state index in [1.165, 1.54) is 0 Å². The molecule has 7 aromatic rings. The van der Waals surface area contributed by atoms with E-state index in [9.17, 15) is 0 Å². The van der Waals surface area contributed by atoms with Crippen LogP contribution in [0.4, 0.5) is 0 Å². The molecule has 3 heterocycles. The topological polar surface area (TPSA) is 55.4 Å². The molecule has 3 aliphatic heterocycles. The number of ether oxygens (including phenoxy) is 4. The normalized spacial score (nSPS) is 14.2. The predicted molar refractivity (Wildman–Crippen MR) is 264 cm³/mol. The van der Waals surface area contributed by atoms with Crippen molar-refractivity contribution >= 4 is 112 Å². The van der Waals surface area contributed by atoms with E-state index in [1.54, 1.807) is 6.07 Å². The van der Waals surface area contributed by atoms with Crippen LogP contribution in [0.15, 0.2) is 164 Å². The number of benzene rings is 7. The van der Waals surface area contributed by atoms with E-state index in [4.69, 9.17) is 93.2 Å². The number of para-hydroxylation sites is 4. The van der Waals surface area contributed by atoms with Crippen molar-refractivity contribution in [1.82, 2.24) is 0 Å². The van der Waals surface area contributed by atoms with E-state index in [0.717, 1.165) is 44.4 Å². The highest BCUT2D eigenvalue weighted by Crippen LogP contribution is 2.40. The fraction of sp³-hybridized carbons (Fsp3) is 0.125. The first kappa shape index (κ1) is 47.0. The van der Waals surface area contributed by atoms with E-state index >= 15 is 0 Å². The van der Waals surface area contributed by atoms with Gasteiger partial charge in [-0.05, 0) is 111 Å². The first-order valence-corrected chi connectivity index (χ1v) is 26.2. The van der Waals surface area contributed by atoms with Gasteiger partial charge in [0.15, 0.2) is 0 Å². The van der Waals surface area contributed by atoms with Crippen LogP contribution in [0.25, 0.3) is 0 Å². The molecule has 1 fully saturated rings. The van der Waals surface area contributed by atoms with Gasteiger partial charge in [0.1, 0.15) is 46.0 Å². The Labute approximate surface area is 401 Å². The van der Waals surface area contributed by atoms with Crippen LogP contribution in [0, 0.1) is 0 Å². The van der Waals surface area contributed by atoms with Crippen LogP contribution < -0.4 is 40.8 Å². The Bertz CT molecular complexity index is 2640. The second-order valence-corrected chi connectivity index (χ2v) is 22.9. The zero-order valence-corrected chi connectivity index (χ0v) is 40.2. The molecule has 0 N–H and O–H groups in total. The molecular weight excluding hydrogens is 934 g/mol. The van der Waals surface area contributed by atoms with Crippen molar-refractivity contribution in [2.45, 2.75) is 38.9 Å². The Morgan fingerprint density at radius 2 is 0.937 bits per heavy atom. The molecule has 3 aliphatic rings. The molecule has 1 saturated heterocycles. The second kappa shape index (κ2) is 20.9. The lowest BCUT2D eigenvalue weighted by Gasteiger charge is -2.32. The Morgan fingerprint density at radius 1 is 0.460 bits per heavy atom. The zero-order valence-electron chi connectivity index (χ0n) is 34.5. The molecule has 6 nitrogen and oxygen atoms in total. The van der Waals surface area contributed by atoms with Gasteiger partial charge in [0, 0.05) is 10.5 Å². The summed E-state index contributed by atoms with van der Waals surface area (Å²) in [5, 5.41) is 1.95. The van der Waals surface area contributed by atoms with E-state index in [0.29, 0.717) is 38.5 Å². The summed E-state index contributed by atoms with van der Waals surface area (Å²) in [4.78, 5) is 0. The third-order valence-electron chi connectivity index (χ3n) is 10.6. The maximum Gasteiger partial charge on any atom is 0.643 e. The van der Waals surface area contributed by atoms with Crippen molar-refractivity contribution in [3.05, 3.63) is 179 Å². The molecule has 0 aromatic heterocycles. The van der Waals surface area contributed by atoms with Gasteiger partial charge < -0.3 is 28.3 Å². The Morgan fingerprint density at radius 3 is 1.57 bits per heavy atom. The molecular formula is C48H39AlB2Cl6O6. The molecule has 318 valence electrons. The fourth-order valence-corrected chi connectivity index (χ4v) is 7.48. The predicted octanol–water partition coefficient (Wildman–Crippen LogP) is 13.3. The largest absolute Gasteiger partial charge is 0.643 e. The molecule has 63 heavy (non-hydrogen) atoms. The SMILES string of the molecule is CC1(C)OB(c2c(Oc3ccccc3)cccc2Oc2ccccc2Cl)OC1(C)C.Clc1cccc2c1Oc1cccc3c1B2c1ccccc1O3.Clc1ccccc1.[Cl][Al]([Cl])[Cl]. The minimum Gasteiger partial charge on any atom is -0.458 e. The second-order valence-electron chi connectivity index (χ2n) is 15.2. The Kier molecular flexibility index (Phi) is 15.6. The summed E-state index contributed by atoms with van der Waals surface area (Å²) in [7, 11) is 14.2. The molecule has 0 saturated carbocycles. The molecule has 10 rings (SSSR count). The average Bonchev–Trinajstić information content (AvgIpc) is 3.48. The summed E-state index contributed by atoms with van der Waals surface area (Å²) in [6.45, 7) is 8.16. The number of rotatable bonds is 5. The van der Waals surface area contributed by atoms with E-state index in [1.807, 2.05) is 173 Å². The van der Waals surface area contributed by atoms with Crippen molar-refractivity contribution in [2.75, 3.05) is 0 Å². The lowest BCUT2D eigenvalue weighted by Crippen LogP contribution is -2.57. The van der Waals surface area contributed by atoms with Gasteiger partial charge >= 0.3 is 18.5 Å². The molecule has 0 spiro atoms. The number of hydrogen-bond donors (Lipinski definition) is 0. The third kappa shape index (κ3) is 11.3. The summed E-state index contributed by atoms with van der Waals surface area (Å²) >= 11 is 16.5. The highest BCUT2D eigenvalue weighted by atomic mass is 35.8. The summed E-state index contributed by atoms with van der Waals surface area (Å²) in [5.41, 5.74) is 2.99. The van der Waals surface area contributed by atoms with Crippen LogP contribution in [0.5, 0.6) is 46.0 Å². The third-order valence-corrected chi connectivity index (χ3v) is 11.4. The van der Waals surface area contributed by atoms with E-state index in [-0.39, 0.29) is 6.71 Å². The van der Waals surface area contributed by atoms with Gasteiger partial charge in [0.25, 0.3) is 6.71 Å². The van der Waals surface area contributed by atoms with Crippen molar-refractivity contribution in [1.29, 1.82) is 0 Å². The van der Waals surface area contributed by atoms with Gasteiger partial charge in [-0.2, -0.15) is 0 Å². The Hall–Kier alpha value is -3.94. The molecule has 0 amide bonds. The monoisotopic (exact) mass is 970 g/mol. The average molecular weight is 973 g/mol. The van der Waals surface area contributed by atoms with Gasteiger partial charge in [0.2, 0.25) is 0 Å². The lowest BCUT2D eigenvalue weighted by molar-refractivity contribution is 0.00578. The van der Waals surface area contributed by atoms with Crippen LogP contribution in [0.1, 0.15) is 27.7 Å². The molecule has 0 aliphatic carbocycles. The van der Waals surface area contributed by atoms with Crippen LogP contribution in [0.3, 0.4) is 0 Å². The summed E-state index contributed by atoms with van der Waals surface area (Å²) in [5.74, 6) is 5.74. The molecule has 0 bridgehead atoms. The maximum absolute atomic E-state index is 6.36. The van der Waals surface area contributed by atoms with Crippen molar-refractivity contribution < 1.29 is 28.3 Å². The lowest BCUT2D eigenvalue weighted by atomic mass is 9.35. The molecule has 0 radical (unpaired) electrons. The quantitative estimate of drug-likeness (QED) is 0.160. The standard InChI is InChI=1S/C24H24BClO4.C18H10BClO2.C6H5Cl.Al.3ClH/c1-23(2)24(3,4)30-25(29-23)22-20(27-17-11-6-5-7-12-17)15-10-16-21(22)28-19-14-9-8-13-18(19)26;20-13-7-3-6-12-18(13)22-16-10-4-9-15-17(16)19(12)11-5-1-2-8-14(11)21-15;7-6-4-2-1-3-5-6;;;;/h5-16H,1-4H3;1-10H;1-5H;;3*1H/q;;;+3;;;/p-3. The van der Waals surface area contributed by atoms with Crippen LogP contribution in [-0.2, 0) is 9.31 Å². The minimum absolute atomic E-state index is 0.0959. The summed E-state index contributed by atoms with van der Waals surface area (Å²) < 4.78 is 37.1. The van der Waals surface area contributed by atoms with Crippen LogP contribution >= 0.6 is 65.0 Å². The molecule has 7 aromatic carbocycles. The number of hydrogen-bond acceptors (Lipinski definition) is 6. The maximum atomic E-state index is 6.36. The molecule has 0 unspecified atom stereocenters. The number of halogens is 6. The van der Waals surface area contributed by atoms with E-state index < -0.39 is 29.7 Å². The first-order valence-electron chi connectivity index (χ1n) is 19.8.